The molecule has 0 N–H and O–H groups in total. The molecule has 1 heterocycles. The largest absolute Gasteiger partial charge is 0.458 e. The molecule has 0 bridgehead atoms. The van der Waals surface area contributed by atoms with Crippen LogP contribution in [0.2, 0.25) is 6.32 Å². The van der Waals surface area contributed by atoms with Crippen molar-refractivity contribution in [2.45, 2.75) is 117 Å². The van der Waals surface area contributed by atoms with Gasteiger partial charge in [0.1, 0.15) is 5.60 Å². The topological polar surface area (TPSA) is 57.1 Å². The van der Waals surface area contributed by atoms with E-state index in [2.05, 4.69) is 32.7 Å². The molecule has 1 rings (SSSR count). The van der Waals surface area contributed by atoms with Gasteiger partial charge in [0.05, 0.1) is 11.2 Å². The number of unbranched alkanes of at least 4 members (excludes halogenated alkanes) is 1. The maximum atomic E-state index is 12.7. The van der Waals surface area contributed by atoms with Crippen molar-refractivity contribution in [1.82, 2.24) is 0 Å². The molecule has 1 aliphatic heterocycles. The number of hydrogen-bond donors (Lipinski definition) is 0. The van der Waals surface area contributed by atoms with Gasteiger partial charge < -0.3 is 14.0 Å². The molecular weight excluding hydrogens is 329 g/mol. The summed E-state index contributed by atoms with van der Waals surface area (Å²) in [4.78, 5) is 17.2. The fourth-order valence-corrected chi connectivity index (χ4v) is 2.95. The molecule has 0 radical (unpaired) electrons. The number of nitrogens with zero attached hydrogens (tertiary/aromatic N) is 1. The molecule has 0 aromatic heterocycles. The van der Waals surface area contributed by atoms with E-state index in [4.69, 9.17) is 14.0 Å². The normalized spacial score (nSPS) is 21.2. The van der Waals surface area contributed by atoms with Gasteiger partial charge in [0.25, 0.3) is 0 Å². The van der Waals surface area contributed by atoms with Crippen molar-refractivity contribution in [3.63, 3.8) is 0 Å². The monoisotopic (exact) mass is 367 g/mol. The molecular formula is C20H38BNO4. The fraction of sp³-hybridized carbons (Fsp3) is 0.900. The van der Waals surface area contributed by atoms with Crippen LogP contribution in [0.1, 0.15) is 88.5 Å². The first-order valence-electron chi connectivity index (χ1n) is 9.70. The summed E-state index contributed by atoms with van der Waals surface area (Å²) in [5.41, 5.74) is -1.08. The third-order valence-electron chi connectivity index (χ3n) is 4.96. The zero-order valence-corrected chi connectivity index (χ0v) is 18.5. The first kappa shape index (κ1) is 23.2. The minimum Gasteiger partial charge on any atom is -0.458 e. The lowest BCUT2D eigenvalue weighted by Crippen LogP contribution is -2.41. The van der Waals surface area contributed by atoms with E-state index in [1.54, 1.807) is 0 Å². The number of hydrogen-bond acceptors (Lipinski definition) is 5. The number of rotatable bonds is 7. The molecule has 0 aromatic rings. The van der Waals surface area contributed by atoms with Crippen LogP contribution in [0.4, 0.5) is 0 Å². The fourth-order valence-electron chi connectivity index (χ4n) is 2.95. The Bertz CT molecular complexity index is 516. The van der Waals surface area contributed by atoms with E-state index in [0.717, 1.165) is 24.9 Å². The van der Waals surface area contributed by atoms with Crippen molar-refractivity contribution in [1.29, 1.82) is 0 Å². The highest BCUT2D eigenvalue weighted by molar-refractivity contribution is 6.45. The minimum absolute atomic E-state index is 0.191. The molecule has 1 saturated heterocycles. The molecule has 150 valence electrons. The predicted molar refractivity (Wildman–Crippen MR) is 108 cm³/mol. The van der Waals surface area contributed by atoms with Crippen molar-refractivity contribution in [2.75, 3.05) is 0 Å². The van der Waals surface area contributed by atoms with E-state index < -0.39 is 11.1 Å². The summed E-state index contributed by atoms with van der Waals surface area (Å²) in [5.74, 6) is -0.262. The number of aliphatic imine (C=N–C) groups is 1. The third-order valence-corrected chi connectivity index (χ3v) is 4.96. The van der Waals surface area contributed by atoms with Crippen molar-refractivity contribution in [3.05, 3.63) is 0 Å². The van der Waals surface area contributed by atoms with E-state index in [1.807, 2.05) is 41.5 Å². The van der Waals surface area contributed by atoms with E-state index in [0.29, 0.717) is 6.42 Å². The quantitative estimate of drug-likeness (QED) is 0.280. The van der Waals surface area contributed by atoms with Gasteiger partial charge in [0.15, 0.2) is 5.54 Å². The Labute approximate surface area is 160 Å². The number of carbonyl (C=O) groups excluding carboxylic acids is 1. The van der Waals surface area contributed by atoms with Crippen LogP contribution in [0.15, 0.2) is 4.99 Å². The van der Waals surface area contributed by atoms with Gasteiger partial charge in [0, 0.05) is 5.71 Å². The van der Waals surface area contributed by atoms with E-state index in [1.165, 1.54) is 0 Å². The lowest BCUT2D eigenvalue weighted by Gasteiger charge is -2.32. The van der Waals surface area contributed by atoms with Crippen molar-refractivity contribution in [3.8, 4) is 0 Å². The molecule has 1 unspecified atom stereocenters. The second-order valence-corrected chi connectivity index (χ2v) is 9.77. The Morgan fingerprint density at radius 2 is 1.50 bits per heavy atom. The second-order valence-electron chi connectivity index (χ2n) is 9.77. The average molecular weight is 367 g/mol. The molecule has 0 aromatic carbocycles. The molecule has 0 saturated carbocycles. The Morgan fingerprint density at radius 1 is 1.00 bits per heavy atom. The average Bonchev–Trinajstić information content (AvgIpc) is 2.60. The number of ether oxygens (including phenoxy) is 1. The summed E-state index contributed by atoms with van der Waals surface area (Å²) in [6.07, 6.45) is 3.22. The summed E-state index contributed by atoms with van der Waals surface area (Å²) < 4.78 is 17.7. The summed E-state index contributed by atoms with van der Waals surface area (Å²) in [5, 5.41) is 0. The van der Waals surface area contributed by atoms with Crippen molar-refractivity contribution < 1.29 is 18.8 Å². The van der Waals surface area contributed by atoms with Crippen LogP contribution in [-0.4, -0.2) is 41.1 Å². The van der Waals surface area contributed by atoms with Gasteiger partial charge in [-0.15, -0.1) is 0 Å². The van der Waals surface area contributed by atoms with E-state index in [-0.39, 0.29) is 24.3 Å². The Hall–Kier alpha value is -0.875. The van der Waals surface area contributed by atoms with Gasteiger partial charge >= 0.3 is 13.1 Å². The van der Waals surface area contributed by atoms with Crippen molar-refractivity contribution in [2.24, 2.45) is 4.99 Å². The van der Waals surface area contributed by atoms with Crippen LogP contribution in [0.5, 0.6) is 0 Å². The predicted octanol–water partition coefficient (Wildman–Crippen LogP) is 4.83. The van der Waals surface area contributed by atoms with Crippen LogP contribution < -0.4 is 0 Å². The van der Waals surface area contributed by atoms with Crippen LogP contribution in [0.25, 0.3) is 0 Å². The Balaban J connectivity index is 2.61. The summed E-state index contributed by atoms with van der Waals surface area (Å²) in [6, 6.07) is 0. The highest BCUT2D eigenvalue weighted by Gasteiger charge is 2.50. The van der Waals surface area contributed by atoms with Crippen LogP contribution >= 0.6 is 0 Å². The van der Waals surface area contributed by atoms with Gasteiger partial charge in [-0.2, -0.15) is 0 Å². The third kappa shape index (κ3) is 6.38. The number of carbonyl (C=O) groups is 1. The van der Waals surface area contributed by atoms with Gasteiger partial charge in [-0.1, -0.05) is 12.8 Å². The summed E-state index contributed by atoms with van der Waals surface area (Å²) in [7, 11) is -0.191. The SMILES string of the molecule is CC(C)=NC(C)(CCCCB1OC(C)(C)C(C)(C)O1)C(=O)OC(C)(C)C. The Kier molecular flexibility index (Phi) is 7.14. The standard InChI is InChI=1S/C20H38BNO4/c1-15(2)22-20(10,16(23)24-17(3,4)5)13-11-12-14-21-25-18(6,7)19(8,9)26-21/h11-14H2,1-10H3. The van der Waals surface area contributed by atoms with Crippen LogP contribution in [0, 0.1) is 0 Å². The first-order chi connectivity index (χ1) is 11.6. The van der Waals surface area contributed by atoms with Gasteiger partial charge in [-0.05, 0) is 82.0 Å². The smallest absolute Gasteiger partial charge is 0.457 e. The second kappa shape index (κ2) is 8.01. The van der Waals surface area contributed by atoms with Crippen LogP contribution in [0.3, 0.4) is 0 Å². The maximum Gasteiger partial charge on any atom is 0.457 e. The lowest BCUT2D eigenvalue weighted by molar-refractivity contribution is -0.161. The highest BCUT2D eigenvalue weighted by atomic mass is 16.7. The molecule has 0 spiro atoms. The van der Waals surface area contributed by atoms with Gasteiger partial charge in [0.2, 0.25) is 0 Å². The van der Waals surface area contributed by atoms with Crippen LogP contribution in [-0.2, 0) is 18.8 Å². The molecule has 5 nitrogen and oxygen atoms in total. The zero-order chi connectivity index (χ0) is 20.4. The molecule has 0 aliphatic carbocycles. The van der Waals surface area contributed by atoms with Crippen molar-refractivity contribution >= 4 is 18.8 Å². The lowest BCUT2D eigenvalue weighted by atomic mass is 9.81. The summed E-state index contributed by atoms with van der Waals surface area (Å²) >= 11 is 0. The first-order valence-corrected chi connectivity index (χ1v) is 9.70. The zero-order valence-electron chi connectivity index (χ0n) is 18.5. The van der Waals surface area contributed by atoms with E-state index >= 15 is 0 Å². The molecule has 26 heavy (non-hydrogen) atoms. The maximum absolute atomic E-state index is 12.7. The summed E-state index contributed by atoms with van der Waals surface area (Å²) in [6.45, 7) is 19.6. The minimum atomic E-state index is -0.845. The van der Waals surface area contributed by atoms with Gasteiger partial charge in [-0.25, -0.2) is 4.79 Å². The van der Waals surface area contributed by atoms with Gasteiger partial charge in [-0.3, -0.25) is 4.99 Å². The molecule has 1 aliphatic rings. The Morgan fingerprint density at radius 3 is 1.92 bits per heavy atom. The highest BCUT2D eigenvalue weighted by Crippen LogP contribution is 2.38. The molecule has 0 amide bonds. The molecule has 1 fully saturated rings. The van der Waals surface area contributed by atoms with E-state index in [9.17, 15) is 4.79 Å². The molecule has 6 heteroatoms. The molecule has 1 atom stereocenters. The number of esters is 1.